The first-order valence-corrected chi connectivity index (χ1v) is 9.77. The van der Waals surface area contributed by atoms with E-state index in [-0.39, 0.29) is 17.6 Å². The minimum atomic E-state index is -0.224. The molecule has 2 saturated heterocycles. The molecule has 5 nitrogen and oxygen atoms in total. The van der Waals surface area contributed by atoms with E-state index in [0.29, 0.717) is 5.91 Å². The zero-order valence-corrected chi connectivity index (χ0v) is 14.9. The maximum atomic E-state index is 13.3. The number of nitrogens with zero attached hydrogens (tertiary/aromatic N) is 3. The molecule has 3 heterocycles. The molecule has 0 radical (unpaired) electrons. The molecule has 1 aromatic heterocycles. The van der Waals surface area contributed by atoms with Crippen LogP contribution in [0.3, 0.4) is 0 Å². The zero-order chi connectivity index (χ0) is 17.3. The first kappa shape index (κ1) is 17.0. The molecule has 0 aromatic carbocycles. The van der Waals surface area contributed by atoms with Gasteiger partial charge in [0.25, 0.3) is 0 Å². The van der Waals surface area contributed by atoms with E-state index in [1.807, 2.05) is 12.3 Å². The highest BCUT2D eigenvalue weighted by atomic mass is 16.3. The molecule has 1 saturated carbocycles. The van der Waals surface area contributed by atoms with Crippen molar-refractivity contribution in [2.75, 3.05) is 19.6 Å². The van der Waals surface area contributed by atoms with Gasteiger partial charge in [-0.2, -0.15) is 0 Å². The number of likely N-dealkylation sites (tertiary alicyclic amines) is 2. The molecule has 1 spiro atoms. The topological polar surface area (TPSA) is 56.7 Å². The molecule has 1 amide bonds. The van der Waals surface area contributed by atoms with E-state index in [1.54, 1.807) is 6.20 Å². The molecule has 2 unspecified atom stereocenters. The molecule has 25 heavy (non-hydrogen) atoms. The van der Waals surface area contributed by atoms with Crippen molar-refractivity contribution >= 4 is 5.91 Å². The Labute approximate surface area is 150 Å². The summed E-state index contributed by atoms with van der Waals surface area (Å²) in [6.07, 6.45) is 10.4. The first-order valence-electron chi connectivity index (χ1n) is 9.77. The van der Waals surface area contributed by atoms with Crippen LogP contribution in [0.2, 0.25) is 0 Å². The highest BCUT2D eigenvalue weighted by Crippen LogP contribution is 2.45. The van der Waals surface area contributed by atoms with Crippen molar-refractivity contribution < 1.29 is 9.90 Å². The number of aliphatic hydroxyl groups is 1. The summed E-state index contributed by atoms with van der Waals surface area (Å²) in [6, 6.07) is 4.08. The van der Waals surface area contributed by atoms with Crippen LogP contribution in [0.1, 0.15) is 50.5 Å². The fourth-order valence-corrected chi connectivity index (χ4v) is 4.94. The summed E-state index contributed by atoms with van der Waals surface area (Å²) < 4.78 is 0. The fraction of sp³-hybridized carbons (Fsp3) is 0.700. The van der Waals surface area contributed by atoms with E-state index in [2.05, 4.69) is 20.9 Å². The molecule has 2 atom stereocenters. The Hall–Kier alpha value is -1.46. The number of amides is 1. The minimum Gasteiger partial charge on any atom is -0.393 e. The number of carbonyl (C=O) groups is 1. The van der Waals surface area contributed by atoms with Crippen LogP contribution in [-0.2, 0) is 11.3 Å². The highest BCUT2D eigenvalue weighted by Gasteiger charge is 2.49. The molecule has 1 N–H and O–H groups in total. The lowest BCUT2D eigenvalue weighted by molar-refractivity contribution is -0.156. The zero-order valence-electron chi connectivity index (χ0n) is 14.9. The summed E-state index contributed by atoms with van der Waals surface area (Å²) in [5.41, 5.74) is 1.19. The fourth-order valence-electron chi connectivity index (χ4n) is 4.94. The van der Waals surface area contributed by atoms with E-state index < -0.39 is 0 Å². The van der Waals surface area contributed by atoms with Crippen LogP contribution < -0.4 is 0 Å². The number of aliphatic hydroxyl groups excluding tert-OH is 1. The lowest BCUT2D eigenvalue weighted by Crippen LogP contribution is -2.63. The van der Waals surface area contributed by atoms with Crippen LogP contribution in [0.25, 0.3) is 0 Å². The number of pyridine rings is 1. The summed E-state index contributed by atoms with van der Waals surface area (Å²) in [7, 11) is 0. The monoisotopic (exact) mass is 343 g/mol. The normalized spacial score (nSPS) is 29.4. The number of aromatic nitrogens is 1. The van der Waals surface area contributed by atoms with E-state index >= 15 is 0 Å². The van der Waals surface area contributed by atoms with Gasteiger partial charge in [-0.1, -0.05) is 6.07 Å². The summed E-state index contributed by atoms with van der Waals surface area (Å²) in [5, 5.41) is 10.1. The van der Waals surface area contributed by atoms with Gasteiger partial charge >= 0.3 is 0 Å². The molecule has 3 aliphatic rings. The Morgan fingerprint density at radius 3 is 2.88 bits per heavy atom. The smallest absolute Gasteiger partial charge is 0.227 e. The van der Waals surface area contributed by atoms with Crippen LogP contribution in [0.4, 0.5) is 0 Å². The highest BCUT2D eigenvalue weighted by molar-refractivity contribution is 5.80. The van der Waals surface area contributed by atoms with Crippen LogP contribution >= 0.6 is 0 Å². The van der Waals surface area contributed by atoms with Crippen LogP contribution in [-0.4, -0.2) is 57.1 Å². The third-order valence-corrected chi connectivity index (χ3v) is 6.41. The van der Waals surface area contributed by atoms with E-state index in [4.69, 9.17) is 0 Å². The molecule has 4 rings (SSSR count). The SMILES string of the molecule is O=C(C1CCCN(Cc2cccnc2)C1)N1CCC(O)CC12CCC2. The molecule has 136 valence electrons. The lowest BCUT2D eigenvalue weighted by Gasteiger charge is -2.55. The summed E-state index contributed by atoms with van der Waals surface area (Å²) in [5.74, 6) is 0.445. The van der Waals surface area contributed by atoms with Gasteiger partial charge in [-0.25, -0.2) is 0 Å². The van der Waals surface area contributed by atoms with Crippen LogP contribution in [0.5, 0.6) is 0 Å². The average Bonchev–Trinajstić information content (AvgIpc) is 2.61. The van der Waals surface area contributed by atoms with Crippen molar-refractivity contribution in [1.82, 2.24) is 14.8 Å². The van der Waals surface area contributed by atoms with E-state index in [9.17, 15) is 9.90 Å². The van der Waals surface area contributed by atoms with E-state index in [0.717, 1.165) is 64.7 Å². The number of hydrogen-bond donors (Lipinski definition) is 1. The summed E-state index contributed by atoms with van der Waals surface area (Å²) >= 11 is 0. The van der Waals surface area contributed by atoms with Crippen LogP contribution in [0.15, 0.2) is 24.5 Å². The number of hydrogen-bond acceptors (Lipinski definition) is 4. The van der Waals surface area contributed by atoms with Crippen molar-refractivity contribution in [2.24, 2.45) is 5.92 Å². The van der Waals surface area contributed by atoms with Gasteiger partial charge < -0.3 is 10.0 Å². The standard InChI is InChI=1S/C20H29N3O2/c24-18-6-11-23(20(12-18)7-3-8-20)19(25)17-5-2-10-22(15-17)14-16-4-1-9-21-13-16/h1,4,9,13,17-18,24H,2-3,5-8,10-12,14-15H2. The van der Waals surface area contributed by atoms with Gasteiger partial charge in [0, 0.05) is 37.6 Å². The second-order valence-corrected chi connectivity index (χ2v) is 8.15. The minimum absolute atomic E-state index is 0.0274. The second-order valence-electron chi connectivity index (χ2n) is 8.15. The molecule has 3 fully saturated rings. The van der Waals surface area contributed by atoms with Gasteiger partial charge in [-0.15, -0.1) is 0 Å². The van der Waals surface area contributed by atoms with Gasteiger partial charge in [-0.05, 0) is 63.1 Å². The third kappa shape index (κ3) is 3.44. The molecular weight excluding hydrogens is 314 g/mol. The van der Waals surface area contributed by atoms with Gasteiger partial charge in [0.2, 0.25) is 5.91 Å². The predicted octanol–water partition coefficient (Wildman–Crippen LogP) is 2.20. The first-order chi connectivity index (χ1) is 12.2. The average molecular weight is 343 g/mol. The summed E-state index contributed by atoms with van der Waals surface area (Å²) in [4.78, 5) is 22.0. The maximum Gasteiger partial charge on any atom is 0.227 e. The predicted molar refractivity (Wildman–Crippen MR) is 95.8 cm³/mol. The molecule has 1 aliphatic carbocycles. The third-order valence-electron chi connectivity index (χ3n) is 6.41. The maximum absolute atomic E-state index is 13.3. The quantitative estimate of drug-likeness (QED) is 0.914. The van der Waals surface area contributed by atoms with Crippen molar-refractivity contribution in [1.29, 1.82) is 0 Å². The van der Waals surface area contributed by atoms with Crippen molar-refractivity contribution in [3.8, 4) is 0 Å². The largest absolute Gasteiger partial charge is 0.393 e. The number of piperidine rings is 2. The second kappa shape index (κ2) is 7.04. The Morgan fingerprint density at radius 1 is 1.28 bits per heavy atom. The number of carbonyl (C=O) groups excluding carboxylic acids is 1. The molecule has 0 bridgehead atoms. The molecule has 2 aliphatic heterocycles. The Morgan fingerprint density at radius 2 is 2.16 bits per heavy atom. The van der Waals surface area contributed by atoms with Crippen molar-refractivity contribution in [2.45, 2.75) is 63.1 Å². The lowest BCUT2D eigenvalue weighted by atomic mass is 9.69. The van der Waals surface area contributed by atoms with E-state index in [1.165, 1.54) is 12.0 Å². The van der Waals surface area contributed by atoms with Gasteiger partial charge in [0.1, 0.15) is 0 Å². The molecular formula is C20H29N3O2. The van der Waals surface area contributed by atoms with Crippen molar-refractivity contribution in [3.05, 3.63) is 30.1 Å². The summed E-state index contributed by atoms with van der Waals surface area (Å²) in [6.45, 7) is 3.52. The van der Waals surface area contributed by atoms with Crippen LogP contribution in [0, 0.1) is 5.92 Å². The van der Waals surface area contributed by atoms with Gasteiger partial charge in [0.05, 0.1) is 12.0 Å². The van der Waals surface area contributed by atoms with Gasteiger partial charge in [0.15, 0.2) is 0 Å². The Balaban J connectivity index is 1.41. The number of rotatable bonds is 3. The molecule has 1 aromatic rings. The Bertz CT molecular complexity index is 602. The Kier molecular flexibility index (Phi) is 4.78. The van der Waals surface area contributed by atoms with Gasteiger partial charge in [-0.3, -0.25) is 14.7 Å². The van der Waals surface area contributed by atoms with Crippen molar-refractivity contribution in [3.63, 3.8) is 0 Å². The molecule has 5 heteroatoms.